The van der Waals surface area contributed by atoms with Crippen LogP contribution in [0.3, 0.4) is 0 Å². The van der Waals surface area contributed by atoms with Crippen LogP contribution in [0.1, 0.15) is 0 Å². The molecule has 0 N–H and O–H groups in total. The number of benzene rings is 4. The number of carbonyl (C=O) groups excluding carboxylic acids is 1. The van der Waals surface area contributed by atoms with Gasteiger partial charge in [0.2, 0.25) is 0 Å². The fraction of sp³-hybridized carbons (Fsp3) is 0. The van der Waals surface area contributed by atoms with E-state index in [2.05, 4.69) is 6.58 Å². The van der Waals surface area contributed by atoms with E-state index in [1.54, 1.807) is 0 Å². The normalized spacial score (nSPS) is 10.6. The maximum absolute atomic E-state index is 11.1. The Balaban J connectivity index is 2.18. The molecule has 0 bridgehead atoms. The van der Waals surface area contributed by atoms with Crippen LogP contribution in [0.2, 0.25) is 0 Å². The van der Waals surface area contributed by atoms with Gasteiger partial charge in [-0.15, -0.1) is 0 Å². The lowest BCUT2D eigenvalue weighted by Gasteiger charge is -2.17. The molecule has 0 heterocycles. The Hall–Kier alpha value is -3.59. The molecule has 0 amide bonds. The van der Waals surface area contributed by atoms with Crippen molar-refractivity contribution < 1.29 is 14.3 Å². The molecule has 0 aliphatic carbocycles. The molecule has 4 aromatic rings. The van der Waals surface area contributed by atoms with E-state index in [0.717, 1.165) is 32.7 Å². The number of hydrogen-bond donors (Lipinski definition) is 0. The molecule has 3 nitrogen and oxygen atoms in total. The van der Waals surface area contributed by atoms with Crippen molar-refractivity contribution in [2.24, 2.45) is 0 Å². The lowest BCUT2D eigenvalue weighted by molar-refractivity contribution is -0.120. The van der Waals surface area contributed by atoms with Gasteiger partial charge in [-0.25, -0.2) is 0 Å². The summed E-state index contributed by atoms with van der Waals surface area (Å²) < 4.78 is 11.0. The highest BCUT2D eigenvalue weighted by molar-refractivity contribution is 6.09. The van der Waals surface area contributed by atoms with Crippen LogP contribution in [-0.2, 0) is 4.79 Å². The van der Waals surface area contributed by atoms with E-state index in [9.17, 15) is 4.79 Å². The molecule has 4 rings (SSSR count). The van der Waals surface area contributed by atoms with E-state index in [1.165, 1.54) is 6.26 Å². The second kappa shape index (κ2) is 6.73. The number of rotatable bonds is 5. The quantitative estimate of drug-likeness (QED) is 0.344. The third-order valence-corrected chi connectivity index (χ3v) is 4.42. The molecule has 0 saturated carbocycles. The summed E-state index contributed by atoms with van der Waals surface area (Å²) in [5.41, 5.74) is 1.69. The smallest absolute Gasteiger partial charge is 0.298 e. The summed E-state index contributed by atoms with van der Waals surface area (Å²) in [4.78, 5) is 11.1. The van der Waals surface area contributed by atoms with Crippen molar-refractivity contribution in [3.8, 4) is 22.6 Å². The van der Waals surface area contributed by atoms with Gasteiger partial charge >= 0.3 is 0 Å². The van der Waals surface area contributed by atoms with Gasteiger partial charge < -0.3 is 9.47 Å². The first kappa shape index (κ1) is 15.9. The van der Waals surface area contributed by atoms with Gasteiger partial charge in [0.05, 0.1) is 6.26 Å². The first-order valence-corrected chi connectivity index (χ1v) is 8.25. The second-order valence-corrected chi connectivity index (χ2v) is 5.82. The number of ether oxygens (including phenoxy) is 2. The largest absolute Gasteiger partial charge is 0.465 e. The highest BCUT2D eigenvalue weighted by Crippen LogP contribution is 2.45. The van der Waals surface area contributed by atoms with Crippen molar-refractivity contribution >= 4 is 28.0 Å². The minimum Gasteiger partial charge on any atom is -0.465 e. The van der Waals surface area contributed by atoms with Crippen LogP contribution >= 0.6 is 0 Å². The fourth-order valence-corrected chi connectivity index (χ4v) is 3.36. The van der Waals surface area contributed by atoms with Crippen molar-refractivity contribution in [1.82, 2.24) is 0 Å². The Morgan fingerprint density at radius 2 is 1.15 bits per heavy atom. The molecule has 126 valence electrons. The van der Waals surface area contributed by atoms with E-state index in [0.29, 0.717) is 18.0 Å². The fourth-order valence-electron chi connectivity index (χ4n) is 3.36. The Morgan fingerprint density at radius 3 is 1.65 bits per heavy atom. The summed E-state index contributed by atoms with van der Waals surface area (Å²) in [6.45, 7) is 4.13. The zero-order chi connectivity index (χ0) is 17.9. The first-order valence-electron chi connectivity index (χ1n) is 8.25. The molecule has 0 atom stereocenters. The lowest BCUT2D eigenvalue weighted by Crippen LogP contribution is -1.96. The van der Waals surface area contributed by atoms with Crippen LogP contribution in [0.25, 0.3) is 32.7 Å². The third kappa shape index (κ3) is 2.60. The van der Waals surface area contributed by atoms with Gasteiger partial charge in [0.1, 0.15) is 11.5 Å². The van der Waals surface area contributed by atoms with Gasteiger partial charge in [-0.1, -0.05) is 67.2 Å². The summed E-state index contributed by atoms with van der Waals surface area (Å²) >= 11 is 0. The molecular weight excluding hydrogens is 324 g/mol. The van der Waals surface area contributed by atoms with E-state index >= 15 is 0 Å². The summed E-state index contributed by atoms with van der Waals surface area (Å²) in [6.07, 6.45) is 1.40. The van der Waals surface area contributed by atoms with E-state index in [-0.39, 0.29) is 0 Å². The Morgan fingerprint density at radius 1 is 0.654 bits per heavy atom. The zero-order valence-electron chi connectivity index (χ0n) is 14.0. The molecule has 0 unspecified atom stereocenters. The second-order valence-electron chi connectivity index (χ2n) is 5.82. The molecular formula is C23H16O3. The van der Waals surface area contributed by atoms with E-state index in [4.69, 9.17) is 9.47 Å². The third-order valence-electron chi connectivity index (χ3n) is 4.42. The average molecular weight is 340 g/mol. The molecule has 26 heavy (non-hydrogen) atoms. The maximum Gasteiger partial charge on any atom is 0.298 e. The molecule has 0 aliphatic rings. The molecule has 0 radical (unpaired) electrons. The SMILES string of the molecule is C=COc1ccc2ccccc2c1-c1c(OC=O)ccc2ccccc12. The Labute approximate surface area is 151 Å². The van der Waals surface area contributed by atoms with Crippen molar-refractivity contribution in [2.45, 2.75) is 0 Å². The maximum atomic E-state index is 11.1. The van der Waals surface area contributed by atoms with Crippen molar-refractivity contribution in [1.29, 1.82) is 0 Å². The zero-order valence-corrected chi connectivity index (χ0v) is 14.0. The number of fused-ring (bicyclic) bond motifs is 2. The lowest BCUT2D eigenvalue weighted by atomic mass is 9.92. The average Bonchev–Trinajstić information content (AvgIpc) is 2.69. The highest BCUT2D eigenvalue weighted by Gasteiger charge is 2.18. The summed E-state index contributed by atoms with van der Waals surface area (Å²) in [5, 5.41) is 4.12. The van der Waals surface area contributed by atoms with Crippen LogP contribution in [0.15, 0.2) is 85.6 Å². The minimum absolute atomic E-state index is 0.451. The van der Waals surface area contributed by atoms with Gasteiger partial charge in [-0.2, -0.15) is 0 Å². The van der Waals surface area contributed by atoms with Crippen LogP contribution in [0.5, 0.6) is 11.5 Å². The van der Waals surface area contributed by atoms with Gasteiger partial charge in [0, 0.05) is 11.1 Å². The van der Waals surface area contributed by atoms with Gasteiger partial charge in [0.15, 0.2) is 0 Å². The predicted molar refractivity (Wildman–Crippen MR) is 104 cm³/mol. The molecule has 0 aliphatic heterocycles. The van der Waals surface area contributed by atoms with Gasteiger partial charge in [-0.3, -0.25) is 4.79 Å². The topological polar surface area (TPSA) is 35.5 Å². The Bertz CT molecular complexity index is 1040. The van der Waals surface area contributed by atoms with E-state index < -0.39 is 0 Å². The van der Waals surface area contributed by atoms with Crippen LogP contribution < -0.4 is 9.47 Å². The standard InChI is InChI=1S/C23H16O3/c1-2-25-20-13-11-16-7-3-5-9-18(16)22(20)23-19-10-6-4-8-17(19)12-14-21(23)26-15-24/h2-15H,1H2. The Kier molecular flexibility index (Phi) is 4.12. The molecule has 0 aromatic heterocycles. The number of carbonyl (C=O) groups is 1. The van der Waals surface area contributed by atoms with Crippen LogP contribution in [-0.4, -0.2) is 6.47 Å². The molecule has 0 saturated heterocycles. The van der Waals surface area contributed by atoms with Gasteiger partial charge in [-0.05, 0) is 33.7 Å². The van der Waals surface area contributed by atoms with Crippen molar-refractivity contribution in [2.75, 3.05) is 0 Å². The molecule has 0 fully saturated rings. The molecule has 3 heteroatoms. The molecule has 0 spiro atoms. The summed E-state index contributed by atoms with van der Waals surface area (Å²) in [5.74, 6) is 1.15. The minimum atomic E-state index is 0.451. The van der Waals surface area contributed by atoms with Crippen molar-refractivity contribution in [3.05, 3.63) is 85.6 Å². The van der Waals surface area contributed by atoms with E-state index in [1.807, 2.05) is 72.8 Å². The predicted octanol–water partition coefficient (Wildman–Crippen LogP) is 5.72. The van der Waals surface area contributed by atoms with Gasteiger partial charge in [0.25, 0.3) is 6.47 Å². The van der Waals surface area contributed by atoms with Crippen LogP contribution in [0, 0.1) is 0 Å². The monoisotopic (exact) mass is 340 g/mol. The summed E-state index contributed by atoms with van der Waals surface area (Å²) in [7, 11) is 0. The van der Waals surface area contributed by atoms with Crippen molar-refractivity contribution in [3.63, 3.8) is 0 Å². The summed E-state index contributed by atoms with van der Waals surface area (Å²) in [6, 6.07) is 23.7. The number of hydrogen-bond acceptors (Lipinski definition) is 3. The van der Waals surface area contributed by atoms with Crippen LogP contribution in [0.4, 0.5) is 0 Å². The highest BCUT2D eigenvalue weighted by atomic mass is 16.5. The molecule has 4 aromatic carbocycles. The first-order chi connectivity index (χ1) is 12.8.